The second-order valence-corrected chi connectivity index (χ2v) is 9.74. The largest absolute Gasteiger partial charge is 0.773 e. The molecule has 2 aromatic rings. The van der Waals surface area contributed by atoms with E-state index in [0.29, 0.717) is 28.3 Å². The normalized spacial score (nSPS) is 16.1. The monoisotopic (exact) mass is 547 g/mol. The zero-order chi connectivity index (χ0) is 26.3. The minimum Gasteiger partial charge on any atom is -0.773 e. The first-order valence-electron chi connectivity index (χ1n) is 10.5. The number of carbonyl (C=O) groups excluding carboxylic acids is 1. The Balaban J connectivity index is 0.000000473. The topological polar surface area (TPSA) is 133 Å². The van der Waals surface area contributed by atoms with Gasteiger partial charge in [-0.05, 0) is 66.5 Å². The summed E-state index contributed by atoms with van der Waals surface area (Å²) in [4.78, 5) is 22.6. The van der Waals surface area contributed by atoms with Crippen LogP contribution in [0.15, 0.2) is 30.3 Å². The van der Waals surface area contributed by atoms with Crippen LogP contribution < -0.4 is 10.5 Å². The fourth-order valence-electron chi connectivity index (χ4n) is 3.45. The van der Waals surface area contributed by atoms with Gasteiger partial charge in [0.25, 0.3) is 11.9 Å². The van der Waals surface area contributed by atoms with Crippen molar-refractivity contribution in [3.63, 3.8) is 0 Å². The van der Waals surface area contributed by atoms with Gasteiger partial charge in [-0.2, -0.15) is 0 Å². The van der Waals surface area contributed by atoms with Crippen LogP contribution in [0.4, 0.5) is 4.39 Å². The van der Waals surface area contributed by atoms with Crippen molar-refractivity contribution in [1.29, 1.82) is 0 Å². The van der Waals surface area contributed by atoms with E-state index in [1.807, 2.05) is 0 Å². The van der Waals surface area contributed by atoms with Crippen molar-refractivity contribution in [2.75, 3.05) is 19.3 Å². The number of carbonyl (C=O) groups is 2. The Morgan fingerprint density at radius 3 is 2.31 bits per heavy atom. The predicted octanol–water partition coefficient (Wildman–Crippen LogP) is 3.96. The minimum absolute atomic E-state index is 0.0251. The summed E-state index contributed by atoms with van der Waals surface area (Å²) in [5.74, 6) is -1.09. The van der Waals surface area contributed by atoms with Gasteiger partial charge in [-0.1, -0.05) is 34.3 Å². The summed E-state index contributed by atoms with van der Waals surface area (Å²) in [6.45, 7) is 3.15. The van der Waals surface area contributed by atoms with Gasteiger partial charge >= 0.3 is 0 Å². The summed E-state index contributed by atoms with van der Waals surface area (Å²) in [5.41, 5.74) is 7.21. The number of hydrogen-bond donors (Lipinski definition) is 2. The Morgan fingerprint density at radius 1 is 1.26 bits per heavy atom. The first kappa shape index (κ1) is 29.0. The Labute approximate surface area is 215 Å². The Morgan fingerprint density at radius 2 is 1.83 bits per heavy atom. The van der Waals surface area contributed by atoms with Gasteiger partial charge in [0.1, 0.15) is 17.7 Å². The van der Waals surface area contributed by atoms with E-state index in [0.717, 1.165) is 50.2 Å². The van der Waals surface area contributed by atoms with Crippen molar-refractivity contribution < 1.29 is 32.6 Å². The maximum absolute atomic E-state index is 14.2. The number of carboxylic acids is 1. The highest BCUT2D eigenvalue weighted by molar-refractivity contribution is 7.78. The van der Waals surface area contributed by atoms with Crippen LogP contribution in [0.2, 0.25) is 10.0 Å². The van der Waals surface area contributed by atoms with Crippen molar-refractivity contribution in [2.45, 2.75) is 38.3 Å². The second-order valence-electron chi connectivity index (χ2n) is 8.10. The number of carboxylic acid groups (broad SMARTS) is 1. The van der Waals surface area contributed by atoms with E-state index in [2.05, 4.69) is 4.90 Å². The molecule has 12 heteroatoms. The number of ether oxygens (including phenoxy) is 1. The van der Waals surface area contributed by atoms with Gasteiger partial charge in [0, 0.05) is 31.6 Å². The fraction of sp³-hybridized carbons (Fsp3) is 0.391. The molecule has 4 rings (SSSR count). The Kier molecular flexibility index (Phi) is 10.9. The molecule has 1 aliphatic heterocycles. The molecule has 0 aromatic heterocycles. The van der Waals surface area contributed by atoms with Crippen LogP contribution in [0.25, 0.3) is 0 Å². The first-order chi connectivity index (χ1) is 16.4. The van der Waals surface area contributed by atoms with Gasteiger partial charge in [0.15, 0.2) is 0 Å². The smallest absolute Gasteiger partial charge is 0.300 e. The lowest BCUT2D eigenvalue weighted by molar-refractivity contribution is -0.134. The molecule has 0 radical (unpaired) electrons. The molecule has 1 unspecified atom stereocenters. The van der Waals surface area contributed by atoms with E-state index in [1.165, 1.54) is 6.07 Å². The number of primary amides is 1. The first-order valence-corrected chi connectivity index (χ1v) is 12.8. The molecule has 3 N–H and O–H groups in total. The number of halogens is 3. The van der Waals surface area contributed by atoms with Crippen LogP contribution in [0.1, 0.15) is 47.2 Å². The number of likely N-dealkylation sites (tertiary alicyclic amines) is 1. The molecule has 1 amide bonds. The Bertz CT molecular complexity index is 1070. The average molecular weight is 548 g/mol. The molecular weight excluding hydrogens is 522 g/mol. The number of hydrogen-bond acceptors (Lipinski definition) is 6. The minimum atomic E-state index is -1.86. The number of benzene rings is 2. The highest BCUT2D eigenvalue weighted by atomic mass is 35.5. The van der Waals surface area contributed by atoms with E-state index in [9.17, 15) is 9.18 Å². The van der Waals surface area contributed by atoms with E-state index >= 15 is 0 Å². The van der Waals surface area contributed by atoms with Crippen molar-refractivity contribution in [2.24, 2.45) is 5.73 Å². The molecule has 1 saturated heterocycles. The number of rotatable bonds is 6. The summed E-state index contributed by atoms with van der Waals surface area (Å²) in [7, 11) is 0. The number of nitrogens with zero attached hydrogens (tertiary/aromatic N) is 1. The molecule has 2 aromatic carbocycles. The number of amides is 1. The summed E-state index contributed by atoms with van der Waals surface area (Å²) in [5, 5.41) is 8.47. The van der Waals surface area contributed by atoms with Gasteiger partial charge in [-0.15, -0.1) is 0 Å². The zero-order valence-electron chi connectivity index (χ0n) is 19.1. The van der Waals surface area contributed by atoms with Crippen molar-refractivity contribution in [1.82, 2.24) is 4.90 Å². The third-order valence-electron chi connectivity index (χ3n) is 5.02. The number of nitrogens with two attached hydrogens (primary N) is 1. The van der Waals surface area contributed by atoms with Crippen molar-refractivity contribution in [3.8, 4) is 5.75 Å². The van der Waals surface area contributed by atoms with Gasteiger partial charge in [-0.3, -0.25) is 18.7 Å². The van der Waals surface area contributed by atoms with Gasteiger partial charge in [0.05, 0.1) is 10.6 Å². The zero-order valence-corrected chi connectivity index (χ0v) is 21.5. The molecule has 1 aliphatic carbocycles. The molecule has 1 saturated carbocycles. The highest BCUT2D eigenvalue weighted by Crippen LogP contribution is 2.43. The molecule has 1 heterocycles. The second kappa shape index (κ2) is 13.2. The van der Waals surface area contributed by atoms with E-state index in [1.54, 1.807) is 24.3 Å². The van der Waals surface area contributed by atoms with Crippen LogP contribution in [0.3, 0.4) is 0 Å². The van der Waals surface area contributed by atoms with Crippen molar-refractivity contribution in [3.05, 3.63) is 62.9 Å². The maximum atomic E-state index is 14.2. The fourth-order valence-corrected chi connectivity index (χ4v) is 3.90. The molecule has 2 fully saturated rings. The molecule has 0 bridgehead atoms. The standard InChI is InChI=1S/C20H19Cl2FN2O2.C2H4O2.CH4O2S/c21-13-3-4-19(17(22)6-13)27-14-9-25(10-14)8-12-5-18(23)16(20(24)26)7-15(12)11-1-2-11;1-2(3)4;1-4(2)3/h3-7,11,14H,1-2,8-10H2,(H2,24,26);1H3,(H,3,4);1H3,(H,2,3)/p-1. The lowest BCUT2D eigenvalue weighted by Gasteiger charge is -2.39. The van der Waals surface area contributed by atoms with Crippen LogP contribution in [-0.2, 0) is 22.4 Å². The predicted molar refractivity (Wildman–Crippen MR) is 131 cm³/mol. The lowest BCUT2D eigenvalue weighted by atomic mass is 9.97. The van der Waals surface area contributed by atoms with E-state index < -0.39 is 28.8 Å². The van der Waals surface area contributed by atoms with Crippen LogP contribution >= 0.6 is 23.2 Å². The van der Waals surface area contributed by atoms with Gasteiger partial charge in [-0.25, -0.2) is 4.39 Å². The summed E-state index contributed by atoms with van der Waals surface area (Å²) in [6, 6.07) is 8.24. The van der Waals surface area contributed by atoms with Crippen LogP contribution in [0.5, 0.6) is 5.75 Å². The highest BCUT2D eigenvalue weighted by Gasteiger charge is 2.32. The quantitative estimate of drug-likeness (QED) is 0.522. The Hall–Kier alpha value is -2.24. The third kappa shape index (κ3) is 9.73. The lowest BCUT2D eigenvalue weighted by Crippen LogP contribution is -2.53. The van der Waals surface area contributed by atoms with Crippen LogP contribution in [-0.4, -0.2) is 56.1 Å². The van der Waals surface area contributed by atoms with Gasteiger partial charge in [0.2, 0.25) is 0 Å². The van der Waals surface area contributed by atoms with E-state index in [4.69, 9.17) is 52.3 Å². The summed E-state index contributed by atoms with van der Waals surface area (Å²) < 4.78 is 38.1. The SMILES string of the molecule is CC(=O)O.CS(=O)[O-].NC(=O)c1cc(C2CC2)c(CN2CC(Oc3ccc(Cl)cc3Cl)C2)cc1F. The van der Waals surface area contributed by atoms with Crippen LogP contribution in [0, 0.1) is 5.82 Å². The molecule has 2 aliphatic rings. The van der Waals surface area contributed by atoms with Crippen molar-refractivity contribution >= 4 is 46.2 Å². The molecule has 0 spiro atoms. The molecule has 8 nitrogen and oxygen atoms in total. The molecule has 192 valence electrons. The van der Waals surface area contributed by atoms with Gasteiger partial charge < -0.3 is 20.1 Å². The number of aliphatic carboxylic acids is 1. The van der Waals surface area contributed by atoms with E-state index in [-0.39, 0.29) is 11.7 Å². The molecule has 35 heavy (non-hydrogen) atoms. The summed E-state index contributed by atoms with van der Waals surface area (Å²) in [6.07, 6.45) is 3.25. The molecule has 1 atom stereocenters. The maximum Gasteiger partial charge on any atom is 0.300 e. The molecular formula is C23H26Cl2FN2O6S-. The average Bonchev–Trinajstić information content (AvgIpc) is 3.52. The third-order valence-corrected chi connectivity index (χ3v) is 5.55. The summed E-state index contributed by atoms with van der Waals surface area (Å²) >= 11 is 10.2.